The van der Waals surface area contributed by atoms with Crippen LogP contribution in [0.4, 0.5) is 0 Å². The van der Waals surface area contributed by atoms with Crippen LogP contribution in [-0.4, -0.2) is 74.7 Å². The van der Waals surface area contributed by atoms with Gasteiger partial charge in [0.05, 0.1) is 23.3 Å². The van der Waals surface area contributed by atoms with Crippen LogP contribution in [0, 0.1) is 5.92 Å². The topological polar surface area (TPSA) is 227 Å². The number of hydrogen-bond acceptors (Lipinski definition) is 12. The third-order valence-corrected chi connectivity index (χ3v) is 7.17. The van der Waals surface area contributed by atoms with E-state index in [2.05, 4.69) is 28.8 Å². The Balaban J connectivity index is 0.000000584. The first-order chi connectivity index (χ1) is 22.4. The number of rotatable bonds is 14. The number of aliphatic hydroxyl groups excluding tert-OH is 1. The fraction of sp³-hybridized carbons (Fsp3) is 0.353. The van der Waals surface area contributed by atoms with Crippen molar-refractivity contribution in [2.75, 3.05) is 6.61 Å². The lowest BCUT2D eigenvalue weighted by molar-refractivity contribution is -0.137. The number of unbranched alkanes of at least 4 members (excludes halogenated alkanes) is 1. The van der Waals surface area contributed by atoms with Gasteiger partial charge in [-0.1, -0.05) is 33.1 Å². The fourth-order valence-corrected chi connectivity index (χ4v) is 4.49. The van der Waals surface area contributed by atoms with Gasteiger partial charge in [0.2, 0.25) is 0 Å². The first-order valence-electron chi connectivity index (χ1n) is 15.3. The van der Waals surface area contributed by atoms with Crippen LogP contribution >= 0.6 is 0 Å². The summed E-state index contributed by atoms with van der Waals surface area (Å²) >= 11 is 0. The number of carboxylic acid groups (broad SMARTS) is 1. The number of aliphatic hydroxyl groups is 2. The number of phenolic OH excluding ortho intramolecular Hbond substituents is 5. The molecule has 4 rings (SSSR count). The normalized spacial score (nSPS) is 11.5. The summed E-state index contributed by atoms with van der Waals surface area (Å²) in [5.41, 5.74) is 0.711. The van der Waals surface area contributed by atoms with Gasteiger partial charge in [0.15, 0.2) is 23.8 Å². The Morgan fingerprint density at radius 1 is 0.702 bits per heavy atom. The van der Waals surface area contributed by atoms with Crippen molar-refractivity contribution in [3.8, 4) is 68.7 Å². The Labute approximate surface area is 272 Å². The average molecular weight is 652 g/mol. The highest BCUT2D eigenvalue weighted by Crippen LogP contribution is 2.37. The summed E-state index contributed by atoms with van der Waals surface area (Å²) in [5.74, 6) is -0.669. The molecule has 1 unspecified atom stereocenters. The van der Waals surface area contributed by atoms with E-state index in [1.807, 2.05) is 0 Å². The second kappa shape index (κ2) is 17.5. The van der Waals surface area contributed by atoms with Gasteiger partial charge in [0.25, 0.3) is 0 Å². The predicted octanol–water partition coefficient (Wildman–Crippen LogP) is 5.55. The third kappa shape index (κ3) is 11.0. The Morgan fingerprint density at radius 2 is 1.19 bits per heavy atom. The van der Waals surface area contributed by atoms with E-state index in [1.165, 1.54) is 30.3 Å². The maximum absolute atomic E-state index is 10.9. The molecule has 1 atom stereocenters. The molecule has 0 amide bonds. The van der Waals surface area contributed by atoms with Crippen LogP contribution < -0.4 is 4.74 Å². The molecule has 1 aromatic heterocycles. The van der Waals surface area contributed by atoms with Gasteiger partial charge in [-0.3, -0.25) is 4.79 Å². The molecule has 47 heavy (non-hydrogen) atoms. The summed E-state index contributed by atoms with van der Waals surface area (Å²) in [5, 5.41) is 75.6. The maximum atomic E-state index is 10.9. The molecule has 1 heterocycles. The first-order valence-corrected chi connectivity index (χ1v) is 15.3. The SMILES string of the molecule is CCCCC(CC)COc1ccc(-c2nc(-c3ccc(O)cc3O)nc(-c3ccc(O)cc3O)n2)c(O)c1.O=C(O)CCCC(O)O. The van der Waals surface area contributed by atoms with Crippen LogP contribution in [0.2, 0.25) is 0 Å². The largest absolute Gasteiger partial charge is 0.508 e. The van der Waals surface area contributed by atoms with Crippen molar-refractivity contribution in [2.45, 2.75) is 65.1 Å². The van der Waals surface area contributed by atoms with Crippen LogP contribution in [0.3, 0.4) is 0 Å². The molecule has 0 bridgehead atoms. The minimum absolute atomic E-state index is 0.00236. The van der Waals surface area contributed by atoms with Gasteiger partial charge in [-0.05, 0) is 61.6 Å². The van der Waals surface area contributed by atoms with Crippen molar-refractivity contribution in [3.05, 3.63) is 54.6 Å². The molecule has 13 heteroatoms. The number of aliphatic carboxylic acids is 1. The number of phenols is 5. The highest BCUT2D eigenvalue weighted by Gasteiger charge is 2.19. The van der Waals surface area contributed by atoms with Crippen molar-refractivity contribution in [1.82, 2.24) is 15.0 Å². The second-order valence-corrected chi connectivity index (χ2v) is 10.9. The van der Waals surface area contributed by atoms with Gasteiger partial charge in [-0.25, -0.2) is 15.0 Å². The fourth-order valence-electron chi connectivity index (χ4n) is 4.49. The lowest BCUT2D eigenvalue weighted by Crippen LogP contribution is -2.11. The number of carbonyl (C=O) groups is 1. The van der Waals surface area contributed by atoms with Crippen LogP contribution in [0.1, 0.15) is 58.8 Å². The van der Waals surface area contributed by atoms with Crippen LogP contribution in [0.15, 0.2) is 54.6 Å². The zero-order chi connectivity index (χ0) is 34.5. The number of carboxylic acids is 1. The third-order valence-electron chi connectivity index (χ3n) is 7.17. The van der Waals surface area contributed by atoms with E-state index >= 15 is 0 Å². The summed E-state index contributed by atoms with van der Waals surface area (Å²) in [6.07, 6.45) is 3.44. The smallest absolute Gasteiger partial charge is 0.303 e. The standard InChI is InChI=1S/C29H31N3O6.C5H10O4/c1-3-5-6-17(4-2)16-38-20-9-12-23(26(37)15-20)29-31-27(21-10-7-18(33)13-24(21)35)30-28(32-29)22-11-8-19(34)14-25(22)36;6-4(7)2-1-3-5(8)9/h7-15,17,33-37H,3-6,16H2,1-2H3;4,6-7H,1-3H2,(H,8,9). The van der Waals surface area contributed by atoms with E-state index in [-0.39, 0.29) is 75.8 Å². The number of benzene rings is 3. The van der Waals surface area contributed by atoms with Gasteiger partial charge in [0.1, 0.15) is 34.5 Å². The Kier molecular flexibility index (Phi) is 13.5. The molecule has 3 aromatic carbocycles. The number of aromatic nitrogens is 3. The number of hydrogen-bond donors (Lipinski definition) is 8. The predicted molar refractivity (Wildman–Crippen MR) is 173 cm³/mol. The average Bonchev–Trinajstić information content (AvgIpc) is 3.01. The van der Waals surface area contributed by atoms with Crippen molar-refractivity contribution in [3.63, 3.8) is 0 Å². The lowest BCUT2D eigenvalue weighted by Gasteiger charge is -2.16. The number of nitrogens with zero attached hydrogens (tertiary/aromatic N) is 3. The summed E-state index contributed by atoms with van der Waals surface area (Å²) in [7, 11) is 0. The van der Waals surface area contributed by atoms with E-state index in [9.17, 15) is 30.3 Å². The molecule has 0 spiro atoms. The molecule has 0 aliphatic heterocycles. The molecule has 0 saturated carbocycles. The van der Waals surface area contributed by atoms with Gasteiger partial charge in [0, 0.05) is 24.6 Å². The first kappa shape index (κ1) is 36.3. The molecular weight excluding hydrogens is 610 g/mol. The molecule has 252 valence electrons. The van der Waals surface area contributed by atoms with Crippen LogP contribution in [0.5, 0.6) is 34.5 Å². The number of aromatic hydroxyl groups is 5. The highest BCUT2D eigenvalue weighted by molar-refractivity contribution is 5.74. The minimum Gasteiger partial charge on any atom is -0.508 e. The Bertz CT molecular complexity index is 1560. The van der Waals surface area contributed by atoms with Crippen LogP contribution in [0.25, 0.3) is 34.2 Å². The van der Waals surface area contributed by atoms with E-state index in [0.717, 1.165) is 37.8 Å². The molecular formula is C34H41N3O10. The second-order valence-electron chi connectivity index (χ2n) is 10.9. The lowest BCUT2D eigenvalue weighted by atomic mass is 10.0. The quantitative estimate of drug-likeness (QED) is 0.0784. The van der Waals surface area contributed by atoms with Crippen LogP contribution in [-0.2, 0) is 4.79 Å². The van der Waals surface area contributed by atoms with Gasteiger partial charge in [-0.2, -0.15) is 0 Å². The molecule has 0 saturated heterocycles. The Hall–Kier alpha value is -5.14. The molecule has 4 aromatic rings. The maximum Gasteiger partial charge on any atom is 0.303 e. The van der Waals surface area contributed by atoms with Crippen molar-refractivity contribution in [2.24, 2.45) is 5.92 Å². The molecule has 13 nitrogen and oxygen atoms in total. The van der Waals surface area contributed by atoms with Gasteiger partial charge >= 0.3 is 5.97 Å². The van der Waals surface area contributed by atoms with Crippen molar-refractivity contribution in [1.29, 1.82) is 0 Å². The van der Waals surface area contributed by atoms with E-state index in [1.54, 1.807) is 12.1 Å². The Morgan fingerprint density at radius 3 is 1.60 bits per heavy atom. The molecule has 0 fully saturated rings. The zero-order valence-electron chi connectivity index (χ0n) is 26.2. The number of ether oxygens (including phenoxy) is 1. The van der Waals surface area contributed by atoms with Crippen molar-refractivity contribution < 1.29 is 50.4 Å². The molecule has 8 N–H and O–H groups in total. The summed E-state index contributed by atoms with van der Waals surface area (Å²) in [4.78, 5) is 23.1. The van der Waals surface area contributed by atoms with E-state index < -0.39 is 12.3 Å². The highest BCUT2D eigenvalue weighted by atomic mass is 16.5. The summed E-state index contributed by atoms with van der Waals surface area (Å²) in [6.45, 7) is 4.85. The van der Waals surface area contributed by atoms with Gasteiger partial charge < -0.3 is 45.6 Å². The molecule has 0 aliphatic rings. The zero-order valence-corrected chi connectivity index (χ0v) is 26.2. The molecule has 0 radical (unpaired) electrons. The summed E-state index contributed by atoms with van der Waals surface area (Å²) < 4.78 is 5.94. The summed E-state index contributed by atoms with van der Waals surface area (Å²) in [6, 6.07) is 12.8. The van der Waals surface area contributed by atoms with Gasteiger partial charge in [-0.15, -0.1) is 0 Å². The van der Waals surface area contributed by atoms with Crippen molar-refractivity contribution >= 4 is 5.97 Å². The minimum atomic E-state index is -1.37. The molecule has 0 aliphatic carbocycles. The van der Waals surface area contributed by atoms with E-state index in [4.69, 9.17) is 20.1 Å². The monoisotopic (exact) mass is 651 g/mol. The van der Waals surface area contributed by atoms with E-state index in [0.29, 0.717) is 24.7 Å².